The molecule has 0 aliphatic carbocycles. The van der Waals surface area contributed by atoms with E-state index >= 15 is 0 Å². The number of aryl methyl sites for hydroxylation is 2. The zero-order valence-corrected chi connectivity index (χ0v) is 17.0. The van der Waals surface area contributed by atoms with Crippen LogP contribution in [0.15, 0.2) is 53.7 Å². The van der Waals surface area contributed by atoms with Gasteiger partial charge in [-0.3, -0.25) is 4.79 Å². The average Bonchev–Trinajstić information content (AvgIpc) is 3.38. The first-order valence-corrected chi connectivity index (χ1v) is 10.2. The van der Waals surface area contributed by atoms with Gasteiger partial charge >= 0.3 is 0 Å². The van der Waals surface area contributed by atoms with E-state index < -0.39 is 0 Å². The average molecular weight is 416 g/mol. The number of hydrogen-bond acceptors (Lipinski definition) is 4. The molecule has 31 heavy (non-hydrogen) atoms. The first-order valence-electron chi connectivity index (χ1n) is 10.2. The number of fused-ring (bicyclic) bond motifs is 1. The predicted molar refractivity (Wildman–Crippen MR) is 115 cm³/mol. The van der Waals surface area contributed by atoms with E-state index in [4.69, 9.17) is 4.98 Å². The largest absolute Gasteiger partial charge is 0.321 e. The van der Waals surface area contributed by atoms with Gasteiger partial charge in [0, 0.05) is 24.4 Å². The lowest BCUT2D eigenvalue weighted by Gasteiger charge is -2.22. The van der Waals surface area contributed by atoms with Gasteiger partial charge in [-0.25, -0.2) is 19.0 Å². The van der Waals surface area contributed by atoms with Gasteiger partial charge in [-0.1, -0.05) is 12.1 Å². The summed E-state index contributed by atoms with van der Waals surface area (Å²) in [5, 5.41) is 4.59. The number of pyridine rings is 1. The molecule has 0 radical (unpaired) electrons. The van der Waals surface area contributed by atoms with Crippen molar-refractivity contribution in [3.05, 3.63) is 93.7 Å². The molecular formula is C23H21FN6O. The van der Waals surface area contributed by atoms with Gasteiger partial charge in [0.1, 0.15) is 17.3 Å². The maximum absolute atomic E-state index is 13.3. The number of aromatic amines is 1. The van der Waals surface area contributed by atoms with Crippen LogP contribution in [0.2, 0.25) is 0 Å². The third-order valence-corrected chi connectivity index (χ3v) is 5.48. The molecule has 5 rings (SSSR count). The van der Waals surface area contributed by atoms with E-state index in [9.17, 15) is 9.18 Å². The molecule has 1 aliphatic heterocycles. The topological polar surface area (TPSA) is 81.4 Å². The minimum absolute atomic E-state index is 0.0988. The Morgan fingerprint density at radius 1 is 1.16 bits per heavy atom. The Hall–Kier alpha value is -3.81. The van der Waals surface area contributed by atoms with Gasteiger partial charge in [0.05, 0.1) is 12.0 Å². The van der Waals surface area contributed by atoms with Crippen molar-refractivity contribution >= 4 is 12.2 Å². The van der Waals surface area contributed by atoms with E-state index in [0.29, 0.717) is 17.2 Å². The normalized spacial score (nSPS) is 16.0. The molecule has 8 heteroatoms. The Morgan fingerprint density at radius 2 is 2.00 bits per heavy atom. The number of benzene rings is 1. The van der Waals surface area contributed by atoms with Crippen molar-refractivity contribution in [3.63, 3.8) is 0 Å². The second-order valence-electron chi connectivity index (χ2n) is 7.68. The number of halogens is 1. The van der Waals surface area contributed by atoms with Crippen LogP contribution in [0.25, 0.3) is 17.8 Å². The van der Waals surface area contributed by atoms with E-state index in [0.717, 1.165) is 36.5 Å². The second-order valence-corrected chi connectivity index (χ2v) is 7.68. The van der Waals surface area contributed by atoms with Gasteiger partial charge in [0.25, 0.3) is 5.56 Å². The van der Waals surface area contributed by atoms with Crippen molar-refractivity contribution in [1.82, 2.24) is 29.3 Å². The number of imidazole rings is 1. The van der Waals surface area contributed by atoms with Crippen LogP contribution in [0.1, 0.15) is 47.4 Å². The van der Waals surface area contributed by atoms with Crippen molar-refractivity contribution in [3.8, 4) is 5.69 Å². The first kappa shape index (κ1) is 19.2. The highest BCUT2D eigenvalue weighted by Gasteiger charge is 2.25. The summed E-state index contributed by atoms with van der Waals surface area (Å²) in [5.74, 6) is 1.32. The van der Waals surface area contributed by atoms with Gasteiger partial charge < -0.3 is 9.55 Å². The Labute approximate surface area is 177 Å². The number of rotatable bonds is 4. The van der Waals surface area contributed by atoms with Crippen LogP contribution in [0, 0.1) is 12.7 Å². The van der Waals surface area contributed by atoms with E-state index in [-0.39, 0.29) is 17.3 Å². The summed E-state index contributed by atoms with van der Waals surface area (Å²) in [5.41, 5.74) is 2.86. The van der Waals surface area contributed by atoms with Crippen molar-refractivity contribution in [2.75, 3.05) is 0 Å². The minimum Gasteiger partial charge on any atom is -0.321 e. The quantitative estimate of drug-likeness (QED) is 0.550. The molecule has 1 unspecified atom stereocenters. The zero-order valence-electron chi connectivity index (χ0n) is 17.0. The molecule has 0 fully saturated rings. The predicted octanol–water partition coefficient (Wildman–Crippen LogP) is 3.70. The number of H-pyrrole nitrogens is 1. The summed E-state index contributed by atoms with van der Waals surface area (Å²) in [6.07, 6.45) is 8.95. The Morgan fingerprint density at radius 3 is 2.74 bits per heavy atom. The minimum atomic E-state index is -0.243. The number of nitrogens with zero attached hydrogens (tertiary/aromatic N) is 5. The van der Waals surface area contributed by atoms with Crippen molar-refractivity contribution in [1.29, 1.82) is 0 Å². The Bertz CT molecular complexity index is 1310. The lowest BCUT2D eigenvalue weighted by molar-refractivity contribution is 0.445. The maximum Gasteiger partial charge on any atom is 0.272 e. The zero-order chi connectivity index (χ0) is 21.4. The maximum atomic E-state index is 13.3. The molecule has 7 nitrogen and oxygen atoms in total. The molecule has 4 aromatic rings. The summed E-state index contributed by atoms with van der Waals surface area (Å²) < 4.78 is 16.9. The second kappa shape index (κ2) is 7.79. The highest BCUT2D eigenvalue weighted by atomic mass is 19.1. The van der Waals surface area contributed by atoms with Crippen LogP contribution < -0.4 is 5.56 Å². The monoisotopic (exact) mass is 416 g/mol. The van der Waals surface area contributed by atoms with Crippen LogP contribution in [0.5, 0.6) is 0 Å². The molecule has 156 valence electrons. The number of hydrogen-bond donors (Lipinski definition) is 1. The van der Waals surface area contributed by atoms with Gasteiger partial charge in [-0.15, -0.1) is 0 Å². The third kappa shape index (κ3) is 3.84. The Kier molecular flexibility index (Phi) is 4.82. The van der Waals surface area contributed by atoms with Crippen LogP contribution in [0.4, 0.5) is 4.39 Å². The summed E-state index contributed by atoms with van der Waals surface area (Å²) in [6.45, 7) is 2.68. The van der Waals surface area contributed by atoms with Gasteiger partial charge in [0.2, 0.25) is 0 Å². The SMILES string of the molecule is Cc1cn(-c2ccc(/C=C/c3nc4n(n3)CCCC4c3ccc(F)cc3)[nH]c2=O)cn1. The standard InChI is InChI=1S/C23H21FN6O/c1-15-13-29(14-25-15)20-10-8-18(26-23(20)31)9-11-21-27-22-19(3-2-12-30(22)28-21)16-4-6-17(24)7-5-16/h4-11,13-14,19H,2-3,12H2,1H3,(H,26,31)/b11-9+. The van der Waals surface area contributed by atoms with E-state index in [1.807, 2.05) is 29.8 Å². The van der Waals surface area contributed by atoms with Crippen molar-refractivity contribution in [2.24, 2.45) is 0 Å². The lowest BCUT2D eigenvalue weighted by Crippen LogP contribution is -2.17. The van der Waals surface area contributed by atoms with E-state index in [1.165, 1.54) is 12.1 Å². The molecule has 4 heterocycles. The fourth-order valence-electron chi connectivity index (χ4n) is 3.95. The summed E-state index contributed by atoms with van der Waals surface area (Å²) in [4.78, 5) is 24.2. The lowest BCUT2D eigenvalue weighted by atomic mass is 9.91. The van der Waals surface area contributed by atoms with E-state index in [1.54, 1.807) is 35.3 Å². The third-order valence-electron chi connectivity index (χ3n) is 5.48. The van der Waals surface area contributed by atoms with Crippen molar-refractivity contribution in [2.45, 2.75) is 32.2 Å². The fraction of sp³-hybridized carbons (Fsp3) is 0.217. The molecule has 3 aromatic heterocycles. The molecule has 1 atom stereocenters. The van der Waals surface area contributed by atoms with Crippen LogP contribution in [-0.2, 0) is 6.54 Å². The molecule has 0 saturated carbocycles. The van der Waals surface area contributed by atoms with Crippen LogP contribution in [-0.4, -0.2) is 29.3 Å². The molecule has 1 aromatic carbocycles. The molecule has 0 spiro atoms. The number of nitrogens with one attached hydrogen (secondary N) is 1. The smallest absolute Gasteiger partial charge is 0.272 e. The molecule has 0 bridgehead atoms. The summed E-state index contributed by atoms with van der Waals surface area (Å²) in [7, 11) is 0. The van der Waals surface area contributed by atoms with Crippen molar-refractivity contribution < 1.29 is 4.39 Å². The van der Waals surface area contributed by atoms with Gasteiger partial charge in [-0.05, 0) is 61.7 Å². The van der Waals surface area contributed by atoms with Crippen LogP contribution >= 0.6 is 0 Å². The molecule has 1 aliphatic rings. The van der Waals surface area contributed by atoms with Gasteiger partial charge in [-0.2, -0.15) is 5.10 Å². The molecule has 0 amide bonds. The molecule has 0 saturated heterocycles. The molecule has 1 N–H and O–H groups in total. The van der Waals surface area contributed by atoms with E-state index in [2.05, 4.69) is 15.1 Å². The van der Waals surface area contributed by atoms with Gasteiger partial charge in [0.15, 0.2) is 5.82 Å². The number of aromatic nitrogens is 6. The summed E-state index contributed by atoms with van der Waals surface area (Å²) >= 11 is 0. The highest BCUT2D eigenvalue weighted by molar-refractivity contribution is 5.64. The first-order chi connectivity index (χ1) is 15.1. The van der Waals surface area contributed by atoms with Crippen LogP contribution in [0.3, 0.4) is 0 Å². The molecular weight excluding hydrogens is 395 g/mol. The summed E-state index contributed by atoms with van der Waals surface area (Å²) in [6, 6.07) is 10.2. The highest BCUT2D eigenvalue weighted by Crippen LogP contribution is 2.32. The Balaban J connectivity index is 1.39. The fourth-order valence-corrected chi connectivity index (χ4v) is 3.95.